The average molecular weight is 395 g/mol. The van der Waals surface area contributed by atoms with Gasteiger partial charge in [0.05, 0.1) is 21.3 Å². The molecule has 0 unspecified atom stereocenters. The molecule has 1 N–H and O–H groups in total. The first kappa shape index (κ1) is 18.3. The predicted molar refractivity (Wildman–Crippen MR) is 110 cm³/mol. The van der Waals surface area contributed by atoms with Crippen LogP contribution < -0.4 is 10.2 Å². The summed E-state index contributed by atoms with van der Waals surface area (Å²) >= 11 is 13.0. The second-order valence-electron chi connectivity index (χ2n) is 5.88. The summed E-state index contributed by atoms with van der Waals surface area (Å²) in [6.45, 7) is 3.80. The topological polar surface area (TPSA) is 28.2 Å². The van der Waals surface area contributed by atoms with Crippen LogP contribution in [0.25, 0.3) is 22.2 Å². The van der Waals surface area contributed by atoms with E-state index in [1.54, 1.807) is 0 Å². The molecule has 3 aromatic rings. The van der Waals surface area contributed by atoms with Gasteiger partial charge in [-0.3, -0.25) is 0 Å². The van der Waals surface area contributed by atoms with Crippen LogP contribution in [0.3, 0.4) is 0 Å². The third-order valence-electron chi connectivity index (χ3n) is 4.37. The minimum Gasteiger partial charge on any atom is -0.368 e. The van der Waals surface area contributed by atoms with Crippen LogP contribution in [0, 0.1) is 0 Å². The lowest BCUT2D eigenvalue weighted by molar-refractivity contribution is 0.590. The molecule has 0 bridgehead atoms. The predicted octanol–water partition coefficient (Wildman–Crippen LogP) is 5.04. The highest BCUT2D eigenvalue weighted by Crippen LogP contribution is 2.38. The second-order valence-corrected chi connectivity index (χ2v) is 6.70. The van der Waals surface area contributed by atoms with Gasteiger partial charge < -0.3 is 10.2 Å². The molecule has 0 radical (unpaired) electrons. The quantitative estimate of drug-likeness (QED) is 0.660. The average Bonchev–Trinajstić information content (AvgIpc) is 2.65. The number of fused-ring (bicyclic) bond motifs is 1. The van der Waals surface area contributed by atoms with Crippen molar-refractivity contribution in [3.63, 3.8) is 0 Å². The number of rotatable bonds is 2. The summed E-state index contributed by atoms with van der Waals surface area (Å²) in [5.41, 5.74) is 3.86. The van der Waals surface area contributed by atoms with Gasteiger partial charge in [-0.2, -0.15) is 0 Å². The van der Waals surface area contributed by atoms with Crippen molar-refractivity contribution in [1.82, 2.24) is 10.3 Å². The monoisotopic (exact) mass is 393 g/mol. The number of benzene rings is 2. The summed E-state index contributed by atoms with van der Waals surface area (Å²) < 4.78 is 0. The van der Waals surface area contributed by atoms with Crippen molar-refractivity contribution in [1.29, 1.82) is 0 Å². The maximum absolute atomic E-state index is 6.51. The number of nitrogens with zero attached hydrogens (tertiary/aromatic N) is 2. The van der Waals surface area contributed by atoms with Crippen LogP contribution in [0.15, 0.2) is 48.5 Å². The van der Waals surface area contributed by atoms with E-state index >= 15 is 0 Å². The molecule has 0 atom stereocenters. The van der Waals surface area contributed by atoms with E-state index < -0.39 is 0 Å². The highest BCUT2D eigenvalue weighted by atomic mass is 35.5. The van der Waals surface area contributed by atoms with Crippen molar-refractivity contribution in [2.24, 2.45) is 0 Å². The zero-order valence-corrected chi connectivity index (χ0v) is 15.8. The molecule has 2 aromatic carbocycles. The van der Waals surface area contributed by atoms with Gasteiger partial charge in [-0.1, -0.05) is 53.5 Å². The summed E-state index contributed by atoms with van der Waals surface area (Å²) in [6, 6.07) is 16.0. The highest BCUT2D eigenvalue weighted by Gasteiger charge is 2.19. The van der Waals surface area contributed by atoms with Crippen molar-refractivity contribution in [2.75, 3.05) is 31.1 Å². The molecular weight excluding hydrogens is 377 g/mol. The summed E-state index contributed by atoms with van der Waals surface area (Å²) in [5.74, 6) is 0. The molecule has 1 aliphatic rings. The molecule has 1 aromatic heterocycles. The first-order valence-electron chi connectivity index (χ1n) is 8.04. The largest absolute Gasteiger partial charge is 0.368 e. The molecule has 3 nitrogen and oxygen atoms in total. The Kier molecular flexibility index (Phi) is 5.70. The molecule has 0 saturated carbocycles. The maximum atomic E-state index is 6.51. The highest BCUT2D eigenvalue weighted by molar-refractivity contribution is 6.41. The number of aromatic nitrogens is 1. The number of halogens is 3. The van der Waals surface area contributed by atoms with Gasteiger partial charge in [0.2, 0.25) is 0 Å². The summed E-state index contributed by atoms with van der Waals surface area (Å²) in [6.07, 6.45) is 0. The third kappa shape index (κ3) is 3.56. The Morgan fingerprint density at radius 1 is 0.920 bits per heavy atom. The van der Waals surface area contributed by atoms with E-state index in [1.807, 2.05) is 30.3 Å². The van der Waals surface area contributed by atoms with Crippen LogP contribution in [0.1, 0.15) is 0 Å². The standard InChI is InChI=1S/C19H17Cl2N3.ClH/c20-14-6-7-15(21)19-18(14)17(24-10-8-22-9-11-24)12-16(23-19)13-4-2-1-3-5-13;/h1-7,12,22H,8-11H2;1H. The molecule has 1 aliphatic heterocycles. The molecule has 4 rings (SSSR count). The Balaban J connectivity index is 0.00000182. The number of hydrogen-bond donors (Lipinski definition) is 1. The van der Waals surface area contributed by atoms with E-state index in [2.05, 4.69) is 28.4 Å². The van der Waals surface area contributed by atoms with E-state index in [4.69, 9.17) is 28.2 Å². The molecule has 6 heteroatoms. The van der Waals surface area contributed by atoms with E-state index in [-0.39, 0.29) is 12.4 Å². The molecule has 0 aliphatic carbocycles. The lowest BCUT2D eigenvalue weighted by Gasteiger charge is -2.31. The number of pyridine rings is 1. The number of hydrogen-bond acceptors (Lipinski definition) is 3. The van der Waals surface area contributed by atoms with E-state index in [1.165, 1.54) is 0 Å². The summed E-state index contributed by atoms with van der Waals surface area (Å²) in [5, 5.41) is 5.64. The molecule has 2 heterocycles. The Morgan fingerprint density at radius 2 is 1.60 bits per heavy atom. The van der Waals surface area contributed by atoms with Crippen molar-refractivity contribution in [3.05, 3.63) is 58.6 Å². The number of piperazine rings is 1. The Morgan fingerprint density at radius 3 is 2.32 bits per heavy atom. The minimum absolute atomic E-state index is 0. The third-order valence-corrected chi connectivity index (χ3v) is 4.99. The van der Waals surface area contributed by atoms with Crippen LogP contribution in [-0.2, 0) is 0 Å². The second kappa shape index (κ2) is 7.79. The molecule has 1 saturated heterocycles. The maximum Gasteiger partial charge on any atom is 0.0931 e. The minimum atomic E-state index is 0. The zero-order valence-electron chi connectivity index (χ0n) is 13.5. The SMILES string of the molecule is Cl.Clc1ccc(Cl)c2c(N3CCNCC3)cc(-c3ccccc3)nc12. The van der Waals surface area contributed by atoms with Crippen molar-refractivity contribution in [2.45, 2.75) is 0 Å². The van der Waals surface area contributed by atoms with Gasteiger partial charge in [0.25, 0.3) is 0 Å². The molecule has 130 valence electrons. The van der Waals surface area contributed by atoms with Crippen molar-refractivity contribution >= 4 is 52.2 Å². The first-order chi connectivity index (χ1) is 11.7. The Hall–Kier alpha value is -1.52. The van der Waals surface area contributed by atoms with E-state index in [0.29, 0.717) is 10.0 Å². The van der Waals surface area contributed by atoms with Gasteiger partial charge in [-0.25, -0.2) is 4.98 Å². The van der Waals surface area contributed by atoms with Crippen LogP contribution >= 0.6 is 35.6 Å². The summed E-state index contributed by atoms with van der Waals surface area (Å²) in [7, 11) is 0. The molecule has 0 spiro atoms. The van der Waals surface area contributed by atoms with Crippen molar-refractivity contribution in [3.8, 4) is 11.3 Å². The number of nitrogens with one attached hydrogen (secondary N) is 1. The molecule has 25 heavy (non-hydrogen) atoms. The number of anilines is 1. The van der Waals surface area contributed by atoms with Crippen LogP contribution in [0.2, 0.25) is 10.0 Å². The fourth-order valence-electron chi connectivity index (χ4n) is 3.16. The van der Waals surface area contributed by atoms with Crippen molar-refractivity contribution < 1.29 is 0 Å². The van der Waals surface area contributed by atoms with E-state index in [0.717, 1.165) is 54.0 Å². The fraction of sp³-hybridized carbons (Fsp3) is 0.211. The Bertz CT molecular complexity index is 878. The van der Waals surface area contributed by atoms with Gasteiger partial charge in [-0.05, 0) is 18.2 Å². The van der Waals surface area contributed by atoms with Gasteiger partial charge in [0.15, 0.2) is 0 Å². The Labute approximate surface area is 163 Å². The van der Waals surface area contributed by atoms with Crippen LogP contribution in [0.4, 0.5) is 5.69 Å². The van der Waals surface area contributed by atoms with Gasteiger partial charge >= 0.3 is 0 Å². The van der Waals surface area contributed by atoms with E-state index in [9.17, 15) is 0 Å². The van der Waals surface area contributed by atoms with Crippen LogP contribution in [0.5, 0.6) is 0 Å². The molecular formula is C19H18Cl3N3. The van der Waals surface area contributed by atoms with Gasteiger partial charge in [-0.15, -0.1) is 12.4 Å². The van der Waals surface area contributed by atoms with Gasteiger partial charge in [0.1, 0.15) is 0 Å². The smallest absolute Gasteiger partial charge is 0.0931 e. The fourth-order valence-corrected chi connectivity index (χ4v) is 3.61. The zero-order chi connectivity index (χ0) is 16.5. The normalized spacial score (nSPS) is 14.4. The molecule has 1 fully saturated rings. The lowest BCUT2D eigenvalue weighted by Crippen LogP contribution is -2.43. The van der Waals surface area contributed by atoms with Gasteiger partial charge in [0, 0.05) is 42.8 Å². The lowest BCUT2D eigenvalue weighted by atomic mass is 10.1. The van der Waals surface area contributed by atoms with Crippen LogP contribution in [-0.4, -0.2) is 31.2 Å². The first-order valence-corrected chi connectivity index (χ1v) is 8.79. The molecule has 0 amide bonds. The summed E-state index contributed by atoms with van der Waals surface area (Å²) in [4.78, 5) is 7.16.